The Bertz CT molecular complexity index is 1450. The van der Waals surface area contributed by atoms with Crippen molar-refractivity contribution in [2.24, 2.45) is 45.3 Å². The van der Waals surface area contributed by atoms with E-state index < -0.39 is 97.8 Å². The summed E-state index contributed by atoms with van der Waals surface area (Å²) in [4.78, 5) is 14.7. The van der Waals surface area contributed by atoms with Gasteiger partial charge in [-0.3, -0.25) is 4.79 Å². The molecule has 0 aromatic carbocycles. The fourth-order valence-corrected chi connectivity index (χ4v) is 12.4. The number of ketones is 1. The highest BCUT2D eigenvalue weighted by Gasteiger charge is 2.70. The fourth-order valence-electron chi connectivity index (χ4n) is 12.4. The summed E-state index contributed by atoms with van der Waals surface area (Å²) < 4.78 is 23.7. The molecule has 0 spiro atoms. The first-order valence-corrected chi connectivity index (χ1v) is 20.9. The monoisotopic (exact) mass is 798 g/mol. The van der Waals surface area contributed by atoms with E-state index in [-0.39, 0.29) is 39.9 Å². The highest BCUT2D eigenvalue weighted by Crippen LogP contribution is 2.74. The molecule has 0 bridgehead atoms. The highest BCUT2D eigenvalue weighted by molar-refractivity contribution is 5.88. The van der Waals surface area contributed by atoms with Gasteiger partial charge in [0, 0.05) is 17.3 Å². The zero-order chi connectivity index (χ0) is 41.5. The number of carbonyl (C=O) groups is 1. The van der Waals surface area contributed by atoms with Gasteiger partial charge in [-0.2, -0.15) is 0 Å². The van der Waals surface area contributed by atoms with Gasteiger partial charge in [-0.25, -0.2) is 0 Å². The van der Waals surface area contributed by atoms with Crippen LogP contribution >= 0.6 is 0 Å². The first kappa shape index (κ1) is 44.4. The number of fused-ring (bicyclic) bond motifs is 5. The van der Waals surface area contributed by atoms with Crippen LogP contribution in [0.4, 0.5) is 0 Å². The van der Waals surface area contributed by atoms with Crippen molar-refractivity contribution < 1.29 is 69.7 Å². The number of ether oxygens (including phenoxy) is 4. The van der Waals surface area contributed by atoms with Crippen LogP contribution in [-0.2, 0) is 23.7 Å². The predicted octanol–water partition coefficient (Wildman–Crippen LogP) is 1.33. The molecule has 3 saturated carbocycles. The second-order valence-electron chi connectivity index (χ2n) is 20.0. The van der Waals surface area contributed by atoms with Gasteiger partial charge in [0.15, 0.2) is 12.6 Å². The molecule has 5 fully saturated rings. The molecule has 4 aliphatic carbocycles. The molecular formula is C42H70O14. The zero-order valence-electron chi connectivity index (χ0n) is 34.5. The van der Waals surface area contributed by atoms with E-state index >= 15 is 0 Å². The predicted molar refractivity (Wildman–Crippen MR) is 201 cm³/mol. The summed E-state index contributed by atoms with van der Waals surface area (Å²) in [5.74, 6) is 0.951. The second-order valence-corrected chi connectivity index (χ2v) is 20.0. The van der Waals surface area contributed by atoms with Crippen molar-refractivity contribution in [3.63, 3.8) is 0 Å². The molecule has 0 aromatic rings. The minimum atomic E-state index is -1.81. The molecule has 19 atom stereocenters. The Morgan fingerprint density at radius 1 is 0.821 bits per heavy atom. The summed E-state index contributed by atoms with van der Waals surface area (Å²) in [6.45, 7) is 15.1. The van der Waals surface area contributed by atoms with Crippen molar-refractivity contribution >= 4 is 5.78 Å². The second kappa shape index (κ2) is 15.7. The smallest absolute Gasteiger partial charge is 0.187 e. The number of rotatable bonds is 11. The molecule has 6 aliphatic rings. The molecular weight excluding hydrogens is 728 g/mol. The molecule has 56 heavy (non-hydrogen) atoms. The van der Waals surface area contributed by atoms with Crippen LogP contribution in [0.2, 0.25) is 0 Å². The Morgan fingerprint density at radius 3 is 2.04 bits per heavy atom. The van der Waals surface area contributed by atoms with E-state index in [9.17, 15) is 50.8 Å². The molecule has 0 aromatic heterocycles. The maximum absolute atomic E-state index is 14.7. The van der Waals surface area contributed by atoms with Crippen molar-refractivity contribution in [3.8, 4) is 0 Å². The molecule has 19 unspecified atom stereocenters. The summed E-state index contributed by atoms with van der Waals surface area (Å²) in [7, 11) is 0. The number of carbonyl (C=O) groups excluding carboxylic acids is 1. The van der Waals surface area contributed by atoms with Crippen molar-refractivity contribution in [2.45, 2.75) is 186 Å². The summed E-state index contributed by atoms with van der Waals surface area (Å²) in [6, 6.07) is 0. The lowest BCUT2D eigenvalue weighted by atomic mass is 9.38. The summed E-state index contributed by atoms with van der Waals surface area (Å²) >= 11 is 0. The Balaban J connectivity index is 1.20. The number of aliphatic hydroxyl groups is 9. The maximum atomic E-state index is 14.7. The van der Waals surface area contributed by atoms with Crippen LogP contribution in [-0.4, -0.2) is 144 Å². The van der Waals surface area contributed by atoms with Gasteiger partial charge in [-0.05, 0) is 93.3 Å². The first-order chi connectivity index (χ1) is 26.0. The van der Waals surface area contributed by atoms with Gasteiger partial charge in [0.1, 0.15) is 54.6 Å². The molecule has 322 valence electrons. The Hall–Kier alpha value is -1.11. The van der Waals surface area contributed by atoms with Gasteiger partial charge in [0.25, 0.3) is 0 Å². The quantitative estimate of drug-likeness (QED) is 0.134. The average Bonchev–Trinajstić information content (AvgIpc) is 3.40. The highest BCUT2D eigenvalue weighted by atomic mass is 16.8. The number of hydrogen-bond donors (Lipinski definition) is 9. The van der Waals surface area contributed by atoms with E-state index in [0.717, 1.165) is 25.7 Å². The van der Waals surface area contributed by atoms with Crippen molar-refractivity contribution in [1.29, 1.82) is 0 Å². The van der Waals surface area contributed by atoms with Crippen LogP contribution < -0.4 is 0 Å². The lowest BCUT2D eigenvalue weighted by Crippen LogP contribution is -2.65. The van der Waals surface area contributed by atoms with Crippen LogP contribution in [0.5, 0.6) is 0 Å². The van der Waals surface area contributed by atoms with Crippen molar-refractivity contribution in [3.05, 3.63) is 11.6 Å². The number of hydrogen-bond acceptors (Lipinski definition) is 14. The SMILES string of the molecule is CC(CCC(OC1OC(CO)C(O)C(O)C1OC1OC(CO)C(O)C(O)C1O)C(C)(C)O)C1CCC2(C)C3CC=C4C(CCC(O)C4(C)C)C3(C)C(=O)CC12C. The first-order valence-electron chi connectivity index (χ1n) is 20.9. The van der Waals surface area contributed by atoms with E-state index in [2.05, 4.69) is 47.6 Å². The van der Waals surface area contributed by atoms with Gasteiger partial charge >= 0.3 is 0 Å². The van der Waals surface area contributed by atoms with Crippen molar-refractivity contribution in [1.82, 2.24) is 0 Å². The Labute approximate surface area is 331 Å². The minimum Gasteiger partial charge on any atom is -0.394 e. The van der Waals surface area contributed by atoms with Crippen molar-refractivity contribution in [2.75, 3.05) is 13.2 Å². The topological polar surface area (TPSA) is 236 Å². The molecule has 2 saturated heterocycles. The van der Waals surface area contributed by atoms with E-state index in [1.807, 2.05) is 0 Å². The Morgan fingerprint density at radius 2 is 1.43 bits per heavy atom. The maximum Gasteiger partial charge on any atom is 0.187 e. The lowest BCUT2D eigenvalue weighted by Gasteiger charge is -2.64. The number of allylic oxidation sites excluding steroid dienone is 1. The lowest BCUT2D eigenvalue weighted by molar-refractivity contribution is -0.375. The average molecular weight is 799 g/mol. The molecule has 9 N–H and O–H groups in total. The summed E-state index contributed by atoms with van der Waals surface area (Å²) in [5.41, 5.74) is -1.42. The molecule has 14 heteroatoms. The van der Waals surface area contributed by atoms with Crippen LogP contribution in [0.15, 0.2) is 11.6 Å². The van der Waals surface area contributed by atoms with E-state index in [1.54, 1.807) is 13.8 Å². The molecule has 6 rings (SSSR count). The minimum absolute atomic E-state index is 0.0931. The summed E-state index contributed by atoms with van der Waals surface area (Å²) in [6.07, 6.45) is -9.21. The summed E-state index contributed by atoms with van der Waals surface area (Å²) in [5, 5.41) is 95.2. The fraction of sp³-hybridized carbons (Fsp3) is 0.929. The van der Waals surface area contributed by atoms with Crippen LogP contribution in [0, 0.1) is 45.3 Å². The number of Topliss-reactive ketones (excluding diaryl/α,β-unsaturated/α-hetero) is 1. The third-order valence-corrected chi connectivity index (χ3v) is 16.3. The Kier molecular flexibility index (Phi) is 12.5. The van der Waals surface area contributed by atoms with Gasteiger partial charge < -0.3 is 64.9 Å². The molecule has 14 nitrogen and oxygen atoms in total. The van der Waals surface area contributed by atoms with Gasteiger partial charge in [0.05, 0.1) is 31.0 Å². The normalized spacial score (nSPS) is 49.0. The molecule has 0 radical (unpaired) electrons. The van der Waals surface area contributed by atoms with Gasteiger partial charge in [-0.15, -0.1) is 0 Å². The van der Waals surface area contributed by atoms with E-state index in [1.165, 1.54) is 5.57 Å². The van der Waals surface area contributed by atoms with Gasteiger partial charge in [-0.1, -0.05) is 53.2 Å². The third kappa shape index (κ3) is 7.07. The van der Waals surface area contributed by atoms with Crippen LogP contribution in [0.3, 0.4) is 0 Å². The number of aliphatic hydroxyl groups excluding tert-OH is 8. The van der Waals surface area contributed by atoms with Crippen LogP contribution in [0.1, 0.15) is 107 Å². The van der Waals surface area contributed by atoms with E-state index in [4.69, 9.17) is 18.9 Å². The zero-order valence-corrected chi connectivity index (χ0v) is 34.5. The van der Waals surface area contributed by atoms with Gasteiger partial charge in [0.2, 0.25) is 0 Å². The molecule has 0 amide bonds. The van der Waals surface area contributed by atoms with E-state index in [0.29, 0.717) is 31.5 Å². The standard InChI is InChI=1S/C42H70O14/c1-20(21-15-16-40(6)26-12-10-22-23(11-13-27(45)38(22,2)3)42(26,8)28(46)17-41(21,40)7)9-14-29(39(4,5)52)55-37-35(33(50)31(48)25(19-44)54-37)56-36-34(51)32(49)30(47)24(18-43)53-36/h10,20-21,23-27,29-37,43-45,47-52H,9,11-19H2,1-8H3. The largest absolute Gasteiger partial charge is 0.394 e. The molecule has 2 aliphatic heterocycles. The van der Waals surface area contributed by atoms with Crippen LogP contribution in [0.25, 0.3) is 0 Å². The third-order valence-electron chi connectivity index (χ3n) is 16.3. The molecule has 2 heterocycles.